The highest BCUT2D eigenvalue weighted by Crippen LogP contribution is 2.29. The Labute approximate surface area is 123 Å². The second kappa shape index (κ2) is 5.14. The predicted octanol–water partition coefficient (Wildman–Crippen LogP) is 2.98. The minimum atomic E-state index is -0.514. The van der Waals surface area contributed by atoms with Crippen molar-refractivity contribution in [1.82, 2.24) is 14.6 Å². The monoisotopic (exact) mass is 305 g/mol. The highest BCUT2D eigenvalue weighted by Gasteiger charge is 2.17. The fourth-order valence-corrected chi connectivity index (χ4v) is 2.26. The number of hydrogen-bond acceptors (Lipinski definition) is 4. The number of hydrogen-bond donors (Lipinski definition) is 0. The number of carbonyl (C=O) groups is 1. The smallest absolute Gasteiger partial charge is 0.339 e. The molecule has 0 aliphatic heterocycles. The number of nitrogens with zero attached hydrogens (tertiary/aromatic N) is 3. The Morgan fingerprint density at radius 2 is 2.10 bits per heavy atom. The third-order valence-corrected chi connectivity index (χ3v) is 3.32. The molecule has 0 saturated heterocycles. The first-order chi connectivity index (χ1) is 10.1. The predicted molar refractivity (Wildman–Crippen MR) is 74.7 cm³/mol. The summed E-state index contributed by atoms with van der Waals surface area (Å²) in [5, 5.41) is 8.10. The van der Waals surface area contributed by atoms with Crippen LogP contribution in [0.2, 0.25) is 5.02 Å². The third-order valence-electron chi connectivity index (χ3n) is 3.01. The van der Waals surface area contributed by atoms with Gasteiger partial charge in [-0.05, 0) is 24.3 Å². The van der Waals surface area contributed by atoms with Crippen molar-refractivity contribution < 1.29 is 13.9 Å². The van der Waals surface area contributed by atoms with Crippen LogP contribution in [0.15, 0.2) is 36.5 Å². The highest BCUT2D eigenvalue weighted by atomic mass is 35.5. The molecule has 0 unspecified atom stereocenters. The molecule has 1 aromatic carbocycles. The topological polar surface area (TPSA) is 56.5 Å². The summed E-state index contributed by atoms with van der Waals surface area (Å²) in [6, 6.07) is 7.50. The van der Waals surface area contributed by atoms with Gasteiger partial charge in [0.05, 0.1) is 23.3 Å². The zero-order valence-corrected chi connectivity index (χ0v) is 11.6. The first-order valence-electron chi connectivity index (χ1n) is 5.99. The molecule has 0 amide bonds. The molecule has 0 fully saturated rings. The molecule has 2 aromatic heterocycles. The minimum absolute atomic E-state index is 0.133. The average Bonchev–Trinajstić information content (AvgIpc) is 2.89. The maximum absolute atomic E-state index is 14.0. The Hall–Kier alpha value is -2.47. The molecule has 0 saturated carbocycles. The number of fused-ring (bicyclic) bond motifs is 1. The van der Waals surface area contributed by atoms with E-state index in [2.05, 4.69) is 14.9 Å². The van der Waals surface area contributed by atoms with Gasteiger partial charge in [0.15, 0.2) is 11.5 Å². The van der Waals surface area contributed by atoms with Gasteiger partial charge < -0.3 is 4.74 Å². The summed E-state index contributed by atoms with van der Waals surface area (Å²) in [4.78, 5) is 11.6. The van der Waals surface area contributed by atoms with Crippen molar-refractivity contribution in [2.24, 2.45) is 0 Å². The van der Waals surface area contributed by atoms with Gasteiger partial charge in [0.2, 0.25) is 0 Å². The van der Waals surface area contributed by atoms with E-state index in [-0.39, 0.29) is 16.4 Å². The number of benzene rings is 1. The molecule has 0 aliphatic rings. The SMILES string of the molecule is COC(=O)c1ccc2nnc(-c3c(F)cccc3Cl)n2c1. The zero-order valence-electron chi connectivity index (χ0n) is 10.9. The number of methoxy groups -OCH3 is 1. The summed E-state index contributed by atoms with van der Waals surface area (Å²) in [6.07, 6.45) is 1.49. The number of aromatic nitrogens is 3. The summed E-state index contributed by atoms with van der Waals surface area (Å²) in [5.74, 6) is -0.796. The molecule has 21 heavy (non-hydrogen) atoms. The van der Waals surface area contributed by atoms with Gasteiger partial charge in [-0.15, -0.1) is 10.2 Å². The maximum atomic E-state index is 14.0. The fraction of sp³-hybridized carbons (Fsp3) is 0.0714. The summed E-state index contributed by atoms with van der Waals surface area (Å²) in [7, 11) is 1.29. The van der Waals surface area contributed by atoms with E-state index in [4.69, 9.17) is 11.6 Å². The molecular weight excluding hydrogens is 297 g/mol. The van der Waals surface area contributed by atoms with Crippen molar-refractivity contribution in [3.05, 3.63) is 52.9 Å². The van der Waals surface area contributed by atoms with Crippen LogP contribution >= 0.6 is 11.6 Å². The molecule has 0 bridgehead atoms. The minimum Gasteiger partial charge on any atom is -0.465 e. The molecule has 7 heteroatoms. The third kappa shape index (κ3) is 2.23. The number of esters is 1. The summed E-state index contributed by atoms with van der Waals surface area (Å²) in [6.45, 7) is 0. The van der Waals surface area contributed by atoms with Gasteiger partial charge in [-0.3, -0.25) is 4.40 Å². The Balaban J connectivity index is 2.26. The second-order valence-electron chi connectivity index (χ2n) is 4.26. The average molecular weight is 306 g/mol. The quantitative estimate of drug-likeness (QED) is 0.683. The summed E-state index contributed by atoms with van der Waals surface area (Å²) in [5.41, 5.74) is 0.907. The van der Waals surface area contributed by atoms with E-state index < -0.39 is 11.8 Å². The lowest BCUT2D eigenvalue weighted by molar-refractivity contribution is 0.0600. The lowest BCUT2D eigenvalue weighted by Crippen LogP contribution is -2.03. The Morgan fingerprint density at radius 1 is 1.29 bits per heavy atom. The van der Waals surface area contributed by atoms with Crippen LogP contribution in [-0.2, 0) is 4.74 Å². The van der Waals surface area contributed by atoms with E-state index in [0.717, 1.165) is 0 Å². The van der Waals surface area contributed by atoms with Crippen LogP contribution in [0.1, 0.15) is 10.4 Å². The second-order valence-corrected chi connectivity index (χ2v) is 4.67. The Kier molecular flexibility index (Phi) is 3.31. The Bertz CT molecular complexity index is 827. The number of ether oxygens (including phenoxy) is 1. The number of halogens is 2. The van der Waals surface area contributed by atoms with Gasteiger partial charge in [-0.1, -0.05) is 17.7 Å². The maximum Gasteiger partial charge on any atom is 0.339 e. The molecule has 0 N–H and O–H groups in total. The van der Waals surface area contributed by atoms with Crippen LogP contribution in [0.5, 0.6) is 0 Å². The van der Waals surface area contributed by atoms with Crippen molar-refractivity contribution in [1.29, 1.82) is 0 Å². The highest BCUT2D eigenvalue weighted by molar-refractivity contribution is 6.33. The van der Waals surface area contributed by atoms with Gasteiger partial charge >= 0.3 is 5.97 Å². The molecule has 0 atom stereocenters. The first kappa shape index (κ1) is 13.5. The Morgan fingerprint density at radius 3 is 2.81 bits per heavy atom. The summed E-state index contributed by atoms with van der Waals surface area (Å²) < 4.78 is 20.2. The molecule has 0 aliphatic carbocycles. The number of carbonyl (C=O) groups excluding carboxylic acids is 1. The van der Waals surface area contributed by atoms with E-state index in [0.29, 0.717) is 11.2 Å². The molecular formula is C14H9ClFN3O2. The fourth-order valence-electron chi connectivity index (χ4n) is 2.01. The van der Waals surface area contributed by atoms with Crippen LogP contribution in [0.4, 0.5) is 4.39 Å². The summed E-state index contributed by atoms with van der Waals surface area (Å²) >= 11 is 6.04. The molecule has 106 valence electrons. The first-order valence-corrected chi connectivity index (χ1v) is 6.37. The van der Waals surface area contributed by atoms with Gasteiger partial charge in [-0.2, -0.15) is 0 Å². The van der Waals surface area contributed by atoms with E-state index in [1.807, 2.05) is 0 Å². The van der Waals surface area contributed by atoms with Crippen molar-refractivity contribution in [3.63, 3.8) is 0 Å². The lowest BCUT2D eigenvalue weighted by atomic mass is 10.2. The number of pyridine rings is 1. The van der Waals surface area contributed by atoms with Gasteiger partial charge in [0, 0.05) is 6.20 Å². The van der Waals surface area contributed by atoms with E-state index >= 15 is 0 Å². The van der Waals surface area contributed by atoms with Crippen molar-refractivity contribution in [2.75, 3.05) is 7.11 Å². The largest absolute Gasteiger partial charge is 0.465 e. The molecule has 3 aromatic rings. The zero-order chi connectivity index (χ0) is 15.0. The molecule has 2 heterocycles. The standard InChI is InChI=1S/C14H9ClFN3O2/c1-21-14(20)8-5-6-11-17-18-13(19(11)7-8)12-9(15)3-2-4-10(12)16/h2-7H,1H3. The van der Waals surface area contributed by atoms with Gasteiger partial charge in [0.25, 0.3) is 0 Å². The molecule has 3 rings (SSSR count). The van der Waals surface area contributed by atoms with E-state index in [1.165, 1.54) is 29.8 Å². The van der Waals surface area contributed by atoms with Crippen LogP contribution < -0.4 is 0 Å². The van der Waals surface area contributed by atoms with Crippen molar-refractivity contribution in [2.45, 2.75) is 0 Å². The number of rotatable bonds is 2. The van der Waals surface area contributed by atoms with E-state index in [1.54, 1.807) is 18.2 Å². The molecule has 5 nitrogen and oxygen atoms in total. The van der Waals surface area contributed by atoms with Gasteiger partial charge in [0.1, 0.15) is 5.82 Å². The van der Waals surface area contributed by atoms with E-state index in [9.17, 15) is 9.18 Å². The normalized spacial score (nSPS) is 10.8. The van der Waals surface area contributed by atoms with Crippen LogP contribution in [0.25, 0.3) is 17.0 Å². The lowest BCUT2D eigenvalue weighted by Gasteiger charge is -2.05. The van der Waals surface area contributed by atoms with Crippen LogP contribution in [0.3, 0.4) is 0 Å². The van der Waals surface area contributed by atoms with Crippen molar-refractivity contribution >= 4 is 23.2 Å². The van der Waals surface area contributed by atoms with Crippen LogP contribution in [0, 0.1) is 5.82 Å². The molecule has 0 radical (unpaired) electrons. The van der Waals surface area contributed by atoms with Crippen molar-refractivity contribution in [3.8, 4) is 11.4 Å². The molecule has 0 spiro atoms. The van der Waals surface area contributed by atoms with Crippen LogP contribution in [-0.4, -0.2) is 27.7 Å². The van der Waals surface area contributed by atoms with Gasteiger partial charge in [-0.25, -0.2) is 9.18 Å².